The molecule has 4 aliphatic rings. The normalized spacial score (nSPS) is 20.9. The summed E-state index contributed by atoms with van der Waals surface area (Å²) in [5, 5.41) is 5.68. The molecule has 0 radical (unpaired) electrons. The Morgan fingerprint density at radius 3 is 2.16 bits per heavy atom. The second-order valence-corrected chi connectivity index (χ2v) is 14.6. The monoisotopic (exact) mass is 706 g/mol. The molecule has 6 rings (SSSR count). The fraction of sp³-hybridized carbons (Fsp3) is 0.541. The van der Waals surface area contributed by atoms with Crippen LogP contribution in [-0.4, -0.2) is 84.4 Å². The lowest BCUT2D eigenvalue weighted by Gasteiger charge is -2.37. The van der Waals surface area contributed by atoms with Gasteiger partial charge in [-0.3, -0.25) is 14.5 Å². The number of rotatable bonds is 8. The highest BCUT2D eigenvalue weighted by molar-refractivity contribution is 5.94. The second kappa shape index (κ2) is 15.1. The number of likely N-dealkylation sites (tertiary alicyclic amines) is 1. The van der Waals surface area contributed by atoms with Gasteiger partial charge in [-0.15, -0.1) is 0 Å². The molecule has 1 saturated heterocycles. The van der Waals surface area contributed by atoms with Gasteiger partial charge in [0.25, 0.3) is 0 Å². The predicted molar refractivity (Wildman–Crippen MR) is 182 cm³/mol. The molecule has 3 heterocycles. The lowest BCUT2D eigenvalue weighted by molar-refractivity contribution is -0.153. The maximum atomic E-state index is 14.4. The first-order valence-electron chi connectivity index (χ1n) is 17.5. The van der Waals surface area contributed by atoms with E-state index in [4.69, 9.17) is 23.7 Å². The third-order valence-electron chi connectivity index (χ3n) is 9.99. The lowest BCUT2D eigenvalue weighted by atomic mass is 9.82. The van der Waals surface area contributed by atoms with Crippen LogP contribution < -0.4 is 24.8 Å². The number of carbonyl (C=O) groups is 5. The molecule has 0 bridgehead atoms. The van der Waals surface area contributed by atoms with Crippen LogP contribution in [0.2, 0.25) is 0 Å². The van der Waals surface area contributed by atoms with E-state index in [-0.39, 0.29) is 25.7 Å². The van der Waals surface area contributed by atoms with Crippen molar-refractivity contribution in [2.45, 2.75) is 96.6 Å². The Bertz CT molecular complexity index is 1600. The molecule has 0 spiro atoms. The average Bonchev–Trinajstić information content (AvgIpc) is 3.86. The summed E-state index contributed by atoms with van der Waals surface area (Å²) in [7, 11) is 1.23. The second-order valence-electron chi connectivity index (χ2n) is 14.6. The summed E-state index contributed by atoms with van der Waals surface area (Å²) in [6.07, 6.45) is 2.20. The van der Waals surface area contributed by atoms with E-state index in [0.29, 0.717) is 30.3 Å². The van der Waals surface area contributed by atoms with Gasteiger partial charge in [0.05, 0.1) is 13.7 Å². The maximum Gasteiger partial charge on any atom is 0.413 e. The summed E-state index contributed by atoms with van der Waals surface area (Å²) in [4.78, 5) is 70.6. The molecule has 274 valence electrons. The Hall–Kier alpha value is -5.01. The van der Waals surface area contributed by atoms with Crippen LogP contribution in [-0.2, 0) is 36.9 Å². The minimum Gasteiger partial charge on any atom is -0.467 e. The van der Waals surface area contributed by atoms with Gasteiger partial charge in [-0.2, -0.15) is 0 Å². The number of benzene rings is 2. The SMILES string of the molecule is COC(=O)[C@@H]1C[C@@H](OC(=O)N2Cc3cc4c(cc3C2)OCO4)CN1C(=O)[C@@H](NC(=O)[C@@H](NC(=O)Oc1ccccc1)C1CCCCC1)C(C)(C)C. The van der Waals surface area contributed by atoms with Crippen molar-refractivity contribution in [3.05, 3.63) is 53.6 Å². The number of hydrogen-bond acceptors (Lipinski definition) is 10. The number of carbonyl (C=O) groups excluding carboxylic acids is 5. The molecule has 1 saturated carbocycles. The Morgan fingerprint density at radius 2 is 1.55 bits per heavy atom. The molecule has 3 aliphatic heterocycles. The zero-order chi connectivity index (χ0) is 36.3. The van der Waals surface area contributed by atoms with E-state index in [1.165, 1.54) is 16.9 Å². The van der Waals surface area contributed by atoms with Gasteiger partial charge in [0, 0.05) is 19.5 Å². The van der Waals surface area contributed by atoms with Crippen molar-refractivity contribution in [1.82, 2.24) is 20.4 Å². The van der Waals surface area contributed by atoms with E-state index >= 15 is 0 Å². The summed E-state index contributed by atoms with van der Waals surface area (Å²) in [5.41, 5.74) is 1.04. The van der Waals surface area contributed by atoms with Gasteiger partial charge in [0.2, 0.25) is 18.6 Å². The summed E-state index contributed by atoms with van der Waals surface area (Å²) in [5.74, 6) is -0.273. The van der Waals surface area contributed by atoms with Crippen molar-refractivity contribution in [3.8, 4) is 17.2 Å². The number of nitrogens with one attached hydrogen (secondary N) is 2. The highest BCUT2D eigenvalue weighted by Crippen LogP contribution is 2.38. The zero-order valence-corrected chi connectivity index (χ0v) is 29.5. The van der Waals surface area contributed by atoms with Crippen LogP contribution in [0.25, 0.3) is 0 Å². The number of amides is 4. The summed E-state index contributed by atoms with van der Waals surface area (Å²) < 4.78 is 27.3. The summed E-state index contributed by atoms with van der Waals surface area (Å²) in [6, 6.07) is 9.18. The topological polar surface area (TPSA) is 162 Å². The molecule has 4 atom stereocenters. The van der Waals surface area contributed by atoms with Gasteiger partial charge in [-0.25, -0.2) is 14.4 Å². The Balaban J connectivity index is 1.15. The molecule has 0 aromatic heterocycles. The van der Waals surface area contributed by atoms with E-state index in [1.807, 2.05) is 12.1 Å². The Kier molecular flexibility index (Phi) is 10.6. The molecule has 2 fully saturated rings. The molecule has 0 unspecified atom stereocenters. The van der Waals surface area contributed by atoms with Crippen molar-refractivity contribution in [2.75, 3.05) is 20.4 Å². The van der Waals surface area contributed by atoms with Gasteiger partial charge in [-0.05, 0) is 59.6 Å². The molecule has 2 aromatic carbocycles. The Labute approximate surface area is 297 Å². The van der Waals surface area contributed by atoms with Gasteiger partial charge in [-0.1, -0.05) is 58.2 Å². The zero-order valence-electron chi connectivity index (χ0n) is 29.5. The van der Waals surface area contributed by atoms with Gasteiger partial charge in [0.15, 0.2) is 11.5 Å². The molecule has 2 N–H and O–H groups in total. The number of ether oxygens (including phenoxy) is 5. The minimum atomic E-state index is -1.09. The van der Waals surface area contributed by atoms with Gasteiger partial charge < -0.3 is 39.2 Å². The summed E-state index contributed by atoms with van der Waals surface area (Å²) in [6.45, 7) is 6.13. The number of hydrogen-bond donors (Lipinski definition) is 2. The van der Waals surface area contributed by atoms with E-state index in [1.54, 1.807) is 51.1 Å². The van der Waals surface area contributed by atoms with Crippen molar-refractivity contribution >= 4 is 30.0 Å². The lowest BCUT2D eigenvalue weighted by Crippen LogP contribution is -2.61. The average molecular weight is 707 g/mol. The first-order chi connectivity index (χ1) is 24.4. The number of methoxy groups -OCH3 is 1. The molecule has 4 amide bonds. The molecular weight excluding hydrogens is 660 g/mol. The minimum absolute atomic E-state index is 0.0311. The van der Waals surface area contributed by atoms with Crippen LogP contribution in [0.15, 0.2) is 42.5 Å². The predicted octanol–water partition coefficient (Wildman–Crippen LogP) is 4.28. The molecule has 14 nitrogen and oxygen atoms in total. The van der Waals surface area contributed by atoms with E-state index in [9.17, 15) is 24.0 Å². The van der Waals surface area contributed by atoms with Crippen molar-refractivity contribution in [1.29, 1.82) is 0 Å². The smallest absolute Gasteiger partial charge is 0.413 e. The van der Waals surface area contributed by atoms with Crippen LogP contribution in [0, 0.1) is 11.3 Å². The molecule has 2 aromatic rings. The van der Waals surface area contributed by atoms with Crippen LogP contribution in [0.3, 0.4) is 0 Å². The van der Waals surface area contributed by atoms with Crippen molar-refractivity contribution in [2.24, 2.45) is 11.3 Å². The van der Waals surface area contributed by atoms with Gasteiger partial charge in [0.1, 0.15) is 30.0 Å². The molecule has 51 heavy (non-hydrogen) atoms. The largest absolute Gasteiger partial charge is 0.467 e. The van der Waals surface area contributed by atoms with E-state index in [2.05, 4.69) is 10.6 Å². The Morgan fingerprint density at radius 1 is 0.902 bits per heavy atom. The third-order valence-corrected chi connectivity index (χ3v) is 9.99. The van der Waals surface area contributed by atoms with Crippen molar-refractivity contribution < 1.29 is 47.7 Å². The standard InChI is InChI=1S/C37H46N4O10/c1-37(2,3)31(39-32(42)30(22-11-7-5-8-12-22)38-35(45)50-25-13-9-6-10-14-25)33(43)41-20-26(17-27(41)34(44)47-4)51-36(46)40-18-23-15-28-29(49-21-48-28)16-24(23)19-40/h6,9-10,13-16,22,26-27,30-31H,5,7-8,11-12,17-21H2,1-4H3,(H,38,45)(H,39,42)/t26-,27+,30+,31-/m1/s1. The summed E-state index contributed by atoms with van der Waals surface area (Å²) >= 11 is 0. The molecule has 14 heteroatoms. The first kappa shape index (κ1) is 35.8. The van der Waals surface area contributed by atoms with Crippen molar-refractivity contribution in [3.63, 3.8) is 0 Å². The maximum absolute atomic E-state index is 14.4. The first-order valence-corrected chi connectivity index (χ1v) is 17.5. The number of para-hydroxylation sites is 1. The highest BCUT2D eigenvalue weighted by Gasteiger charge is 2.48. The molecular formula is C37H46N4O10. The quantitative estimate of drug-likeness (QED) is 0.379. The molecule has 1 aliphatic carbocycles. The van der Waals surface area contributed by atoms with E-state index < -0.39 is 59.6 Å². The van der Waals surface area contributed by atoms with Crippen LogP contribution >= 0.6 is 0 Å². The van der Waals surface area contributed by atoms with Gasteiger partial charge >= 0.3 is 18.2 Å². The third kappa shape index (κ3) is 8.15. The van der Waals surface area contributed by atoms with E-state index in [0.717, 1.165) is 43.2 Å². The fourth-order valence-electron chi connectivity index (χ4n) is 7.28. The number of fused-ring (bicyclic) bond motifs is 2. The fourth-order valence-corrected chi connectivity index (χ4v) is 7.28. The van der Waals surface area contributed by atoms with Crippen LogP contribution in [0.1, 0.15) is 70.4 Å². The number of esters is 1. The number of nitrogens with zero attached hydrogens (tertiary/aromatic N) is 2. The van der Waals surface area contributed by atoms with Crippen LogP contribution in [0.5, 0.6) is 17.2 Å². The van der Waals surface area contributed by atoms with Crippen LogP contribution in [0.4, 0.5) is 9.59 Å². The highest BCUT2D eigenvalue weighted by atomic mass is 16.7.